The first-order chi connectivity index (χ1) is 23.9. The van der Waals surface area contributed by atoms with Gasteiger partial charge in [-0.25, -0.2) is 13.2 Å². The van der Waals surface area contributed by atoms with Gasteiger partial charge in [0.2, 0.25) is 15.9 Å². The van der Waals surface area contributed by atoms with Crippen molar-refractivity contribution in [1.29, 1.82) is 0 Å². The number of benzene rings is 4. The van der Waals surface area contributed by atoms with Crippen LogP contribution >= 0.6 is 0 Å². The first-order valence-corrected chi connectivity index (χ1v) is 17.9. The molecule has 0 aliphatic heterocycles. The van der Waals surface area contributed by atoms with E-state index in [1.165, 1.54) is 0 Å². The Morgan fingerprint density at radius 2 is 1.38 bits per heavy atom. The van der Waals surface area contributed by atoms with Crippen LogP contribution in [0.25, 0.3) is 0 Å². The summed E-state index contributed by atoms with van der Waals surface area (Å²) in [5.41, 5.74) is 4.42. The summed E-state index contributed by atoms with van der Waals surface area (Å²) in [6.45, 7) is 3.31. The molecule has 0 aliphatic rings. The molecule has 0 spiro atoms. The number of aliphatic carboxylic acids is 2. The largest absolute Gasteiger partial charge is 0.494 e. The maximum absolute atomic E-state index is 12.1. The molecule has 0 saturated carbocycles. The van der Waals surface area contributed by atoms with Crippen LogP contribution in [0.5, 0.6) is 17.2 Å². The second-order valence-electron chi connectivity index (χ2n) is 11.7. The molecule has 264 valence electrons. The fraction of sp³-hybridized carbons (Fsp3) is 0.270. The monoisotopic (exact) mass is 703 g/mol. The molecule has 0 aliphatic carbocycles. The molecule has 4 aromatic carbocycles. The van der Waals surface area contributed by atoms with Crippen molar-refractivity contribution in [2.75, 3.05) is 22.5 Å². The predicted octanol–water partition coefficient (Wildman–Crippen LogP) is 5.96. The molecule has 0 unspecified atom stereocenters. The standard InChI is InChI=1S/C37H41N3O9S/c1-26-32(39-50(2,46)47)10-6-11-34(26)40(24-27-8-4-3-5-9-27)25-28-13-15-30(16-14-28)49-31-19-17-29(18-20-31)48-23-7-12-35(41)38-33(37(44)45)21-22-36(42)43/h3-6,8-11,13-20,33,39H,7,12,21-25H2,1-2H3,(H,38,41)(H,42,43)(H,44,45)/t33-/m0/s1. The lowest BCUT2D eigenvalue weighted by atomic mass is 10.1. The lowest BCUT2D eigenvalue weighted by molar-refractivity contribution is -0.143. The molecule has 4 aromatic rings. The van der Waals surface area contributed by atoms with E-state index >= 15 is 0 Å². The third-order valence-electron chi connectivity index (χ3n) is 7.61. The van der Waals surface area contributed by atoms with Crippen LogP contribution in [0.4, 0.5) is 11.4 Å². The van der Waals surface area contributed by atoms with Crippen molar-refractivity contribution in [2.24, 2.45) is 0 Å². The van der Waals surface area contributed by atoms with Crippen molar-refractivity contribution in [1.82, 2.24) is 5.32 Å². The number of carboxylic acids is 2. The smallest absolute Gasteiger partial charge is 0.326 e. The minimum atomic E-state index is -3.44. The van der Waals surface area contributed by atoms with Crippen molar-refractivity contribution >= 4 is 39.2 Å². The van der Waals surface area contributed by atoms with Crippen molar-refractivity contribution in [3.05, 3.63) is 114 Å². The maximum Gasteiger partial charge on any atom is 0.326 e. The Morgan fingerprint density at radius 3 is 1.98 bits per heavy atom. The molecule has 13 heteroatoms. The van der Waals surface area contributed by atoms with Crippen molar-refractivity contribution < 1.29 is 42.5 Å². The van der Waals surface area contributed by atoms with Gasteiger partial charge in [-0.1, -0.05) is 48.5 Å². The molecular formula is C37H41N3O9S. The van der Waals surface area contributed by atoms with Crippen LogP contribution in [0.1, 0.15) is 42.4 Å². The summed E-state index contributed by atoms with van der Waals surface area (Å²) in [6, 6.07) is 29.1. The minimum Gasteiger partial charge on any atom is -0.494 e. The third-order valence-corrected chi connectivity index (χ3v) is 8.20. The second-order valence-corrected chi connectivity index (χ2v) is 13.5. The number of anilines is 2. The predicted molar refractivity (Wildman–Crippen MR) is 190 cm³/mol. The summed E-state index contributed by atoms with van der Waals surface area (Å²) in [5.74, 6) is -1.09. The van der Waals surface area contributed by atoms with Gasteiger partial charge < -0.3 is 29.9 Å². The Kier molecular flexibility index (Phi) is 13.2. The summed E-state index contributed by atoms with van der Waals surface area (Å²) in [6.07, 6.45) is 0.959. The fourth-order valence-corrected chi connectivity index (χ4v) is 5.76. The molecule has 1 amide bonds. The molecule has 4 N–H and O–H groups in total. The number of rotatable bonds is 19. The summed E-state index contributed by atoms with van der Waals surface area (Å²) >= 11 is 0. The van der Waals surface area contributed by atoms with Gasteiger partial charge in [-0.2, -0.15) is 0 Å². The van der Waals surface area contributed by atoms with Gasteiger partial charge in [0, 0.05) is 31.6 Å². The molecule has 0 aromatic heterocycles. The molecule has 12 nitrogen and oxygen atoms in total. The van der Waals surface area contributed by atoms with Crippen LogP contribution in [0.2, 0.25) is 0 Å². The van der Waals surface area contributed by atoms with Gasteiger partial charge in [-0.05, 0) is 85.0 Å². The zero-order valence-corrected chi connectivity index (χ0v) is 28.7. The SMILES string of the molecule is Cc1c(NS(C)(=O)=O)cccc1N(Cc1ccccc1)Cc1ccc(Oc2ccc(OCCCC(=O)N[C@@H](CCC(=O)O)C(=O)O)cc2)cc1. The second kappa shape index (κ2) is 17.7. The molecule has 0 saturated heterocycles. The average molecular weight is 704 g/mol. The normalized spacial score (nSPS) is 11.6. The zero-order valence-electron chi connectivity index (χ0n) is 27.9. The van der Waals surface area contributed by atoms with Crippen molar-refractivity contribution in [3.63, 3.8) is 0 Å². The van der Waals surface area contributed by atoms with Crippen LogP contribution < -0.4 is 24.4 Å². The highest BCUT2D eigenvalue weighted by Crippen LogP contribution is 2.31. The fourth-order valence-electron chi connectivity index (χ4n) is 5.14. The van der Waals surface area contributed by atoms with E-state index in [1.54, 1.807) is 30.3 Å². The van der Waals surface area contributed by atoms with Gasteiger partial charge in [-0.15, -0.1) is 0 Å². The molecule has 0 radical (unpaired) electrons. The van der Waals surface area contributed by atoms with Crippen molar-refractivity contribution in [2.45, 2.75) is 51.7 Å². The summed E-state index contributed by atoms with van der Waals surface area (Å²) in [7, 11) is -3.44. The Morgan fingerprint density at radius 1 is 0.780 bits per heavy atom. The molecule has 1 atom stereocenters. The number of nitrogens with zero attached hydrogens (tertiary/aromatic N) is 1. The molecule has 0 bridgehead atoms. The van der Waals surface area contributed by atoms with Gasteiger partial charge in [0.1, 0.15) is 23.3 Å². The van der Waals surface area contributed by atoms with E-state index in [4.69, 9.17) is 14.6 Å². The minimum absolute atomic E-state index is 0.0322. The van der Waals surface area contributed by atoms with Crippen LogP contribution in [0, 0.1) is 6.92 Å². The zero-order chi connectivity index (χ0) is 36.1. The van der Waals surface area contributed by atoms with Crippen molar-refractivity contribution in [3.8, 4) is 17.2 Å². The maximum atomic E-state index is 12.1. The van der Waals surface area contributed by atoms with Gasteiger partial charge in [0.15, 0.2) is 0 Å². The van der Waals surface area contributed by atoms with E-state index in [0.717, 1.165) is 28.6 Å². The molecule has 0 fully saturated rings. The number of nitrogens with one attached hydrogen (secondary N) is 2. The quantitative estimate of drug-likeness (QED) is 0.0855. The van der Waals surface area contributed by atoms with Gasteiger partial charge in [0.05, 0.1) is 18.6 Å². The molecule has 50 heavy (non-hydrogen) atoms. The van der Waals surface area contributed by atoms with E-state index in [2.05, 4.69) is 27.1 Å². The number of ether oxygens (including phenoxy) is 2. The van der Waals surface area contributed by atoms with Crippen LogP contribution in [0.3, 0.4) is 0 Å². The highest BCUT2D eigenvalue weighted by Gasteiger charge is 2.21. The lowest BCUT2D eigenvalue weighted by Crippen LogP contribution is -2.41. The van der Waals surface area contributed by atoms with Crippen LogP contribution in [-0.4, -0.2) is 55.4 Å². The van der Waals surface area contributed by atoms with Gasteiger partial charge in [0.25, 0.3) is 0 Å². The first-order valence-electron chi connectivity index (χ1n) is 16.0. The number of hydrogen-bond acceptors (Lipinski definition) is 8. The van der Waals surface area contributed by atoms with E-state index in [-0.39, 0.29) is 25.9 Å². The highest BCUT2D eigenvalue weighted by atomic mass is 32.2. The molecule has 4 rings (SSSR count). The van der Waals surface area contributed by atoms with Crippen LogP contribution in [0.15, 0.2) is 97.1 Å². The summed E-state index contributed by atoms with van der Waals surface area (Å²) in [4.78, 5) is 36.3. The van der Waals surface area contributed by atoms with E-state index in [0.29, 0.717) is 42.4 Å². The Balaban J connectivity index is 1.32. The number of carboxylic acid groups (broad SMARTS) is 2. The Bertz CT molecular complexity index is 1850. The number of hydrogen-bond donors (Lipinski definition) is 4. The topological polar surface area (TPSA) is 172 Å². The third kappa shape index (κ3) is 12.2. The molecular weight excluding hydrogens is 662 g/mol. The van der Waals surface area contributed by atoms with E-state index in [9.17, 15) is 27.9 Å². The summed E-state index contributed by atoms with van der Waals surface area (Å²) < 4.78 is 38.3. The average Bonchev–Trinajstić information content (AvgIpc) is 3.07. The van der Waals surface area contributed by atoms with Gasteiger partial charge >= 0.3 is 11.9 Å². The highest BCUT2D eigenvalue weighted by molar-refractivity contribution is 7.92. The number of carbonyl (C=O) groups excluding carboxylic acids is 1. The number of amides is 1. The number of sulfonamides is 1. The van der Waals surface area contributed by atoms with E-state index in [1.807, 2.05) is 61.5 Å². The first kappa shape index (κ1) is 37.3. The van der Waals surface area contributed by atoms with Gasteiger partial charge in [-0.3, -0.25) is 14.3 Å². The molecule has 0 heterocycles. The lowest BCUT2D eigenvalue weighted by Gasteiger charge is -2.28. The van der Waals surface area contributed by atoms with E-state index < -0.39 is 33.9 Å². The number of carbonyl (C=O) groups is 3. The summed E-state index contributed by atoms with van der Waals surface area (Å²) in [5, 5.41) is 20.3. The van der Waals surface area contributed by atoms with Crippen LogP contribution in [-0.2, 0) is 37.5 Å². The Hall–Kier alpha value is -5.56. The Labute approximate surface area is 291 Å².